The van der Waals surface area contributed by atoms with E-state index in [9.17, 15) is 14.4 Å². The molecular formula is C11H13N3O4. The van der Waals surface area contributed by atoms with Crippen molar-refractivity contribution >= 4 is 17.7 Å². The molecular weight excluding hydrogens is 238 g/mol. The van der Waals surface area contributed by atoms with Crippen LogP contribution in [-0.2, 0) is 16.1 Å². The molecule has 2 heterocycles. The Kier molecular flexibility index (Phi) is 3.15. The molecule has 3 N–H and O–H groups in total. The van der Waals surface area contributed by atoms with Gasteiger partial charge in [0.25, 0.3) is 11.8 Å². The van der Waals surface area contributed by atoms with Gasteiger partial charge in [-0.15, -0.1) is 0 Å². The van der Waals surface area contributed by atoms with Crippen LogP contribution in [-0.4, -0.2) is 35.7 Å². The van der Waals surface area contributed by atoms with Crippen LogP contribution in [0.2, 0.25) is 0 Å². The quantitative estimate of drug-likeness (QED) is 0.686. The predicted octanol–water partition coefficient (Wildman–Crippen LogP) is -0.775. The second kappa shape index (κ2) is 4.61. The molecule has 1 atom stereocenters. The number of imide groups is 1. The molecule has 0 radical (unpaired) electrons. The first-order chi connectivity index (χ1) is 8.52. The molecule has 0 bridgehead atoms. The van der Waals surface area contributed by atoms with Crippen LogP contribution in [0.5, 0.6) is 0 Å². The first kappa shape index (κ1) is 12.3. The van der Waals surface area contributed by atoms with Crippen molar-refractivity contribution in [3.63, 3.8) is 0 Å². The summed E-state index contributed by atoms with van der Waals surface area (Å²) in [4.78, 5) is 35.6. The van der Waals surface area contributed by atoms with E-state index in [0.717, 1.165) is 4.90 Å². The molecule has 1 unspecified atom stereocenters. The Labute approximate surface area is 103 Å². The fourth-order valence-electron chi connectivity index (χ4n) is 1.71. The standard InChI is InChI=1S/C11H13N3O4/c1-14-9(15)4-7(11(14)17)13-10(16)8-3-2-6(5-12)18-8/h2-3,7H,4-5,12H2,1H3,(H,13,16). The minimum Gasteiger partial charge on any atom is -0.455 e. The summed E-state index contributed by atoms with van der Waals surface area (Å²) < 4.78 is 5.15. The molecule has 0 saturated carbocycles. The fraction of sp³-hybridized carbons (Fsp3) is 0.364. The molecule has 0 spiro atoms. The Morgan fingerprint density at radius 3 is 2.78 bits per heavy atom. The highest BCUT2D eigenvalue weighted by Crippen LogP contribution is 2.12. The normalized spacial score (nSPS) is 19.4. The van der Waals surface area contributed by atoms with Gasteiger partial charge >= 0.3 is 0 Å². The van der Waals surface area contributed by atoms with E-state index in [1.807, 2.05) is 0 Å². The number of hydrogen-bond acceptors (Lipinski definition) is 5. The fourth-order valence-corrected chi connectivity index (χ4v) is 1.71. The van der Waals surface area contributed by atoms with E-state index < -0.39 is 17.9 Å². The predicted molar refractivity (Wildman–Crippen MR) is 60.2 cm³/mol. The van der Waals surface area contributed by atoms with Crippen molar-refractivity contribution in [3.8, 4) is 0 Å². The second-order valence-electron chi connectivity index (χ2n) is 3.99. The molecule has 0 aromatic carbocycles. The summed E-state index contributed by atoms with van der Waals surface area (Å²) in [6.45, 7) is 0.191. The molecule has 7 heteroatoms. The molecule has 1 fully saturated rings. The van der Waals surface area contributed by atoms with Crippen LogP contribution in [0.1, 0.15) is 22.7 Å². The summed E-state index contributed by atoms with van der Waals surface area (Å²) >= 11 is 0. The number of furan rings is 1. The van der Waals surface area contributed by atoms with E-state index in [0.29, 0.717) is 5.76 Å². The molecule has 1 aromatic heterocycles. The summed E-state index contributed by atoms with van der Waals surface area (Å²) in [6, 6.07) is 2.24. The Hall–Kier alpha value is -2.15. The van der Waals surface area contributed by atoms with Gasteiger partial charge in [-0.25, -0.2) is 0 Å². The number of likely N-dealkylation sites (tertiary alicyclic amines) is 1. The first-order valence-corrected chi connectivity index (χ1v) is 5.43. The van der Waals surface area contributed by atoms with Gasteiger partial charge in [0.15, 0.2) is 5.76 Å². The van der Waals surface area contributed by atoms with E-state index in [1.165, 1.54) is 13.1 Å². The molecule has 96 valence electrons. The molecule has 7 nitrogen and oxygen atoms in total. The third-order valence-electron chi connectivity index (χ3n) is 2.77. The summed E-state index contributed by atoms with van der Waals surface area (Å²) in [6.07, 6.45) is -0.0223. The highest BCUT2D eigenvalue weighted by molar-refractivity contribution is 6.07. The Balaban J connectivity index is 2.04. The lowest BCUT2D eigenvalue weighted by Crippen LogP contribution is -2.40. The molecule has 1 aliphatic heterocycles. The van der Waals surface area contributed by atoms with E-state index >= 15 is 0 Å². The average molecular weight is 251 g/mol. The summed E-state index contributed by atoms with van der Waals surface area (Å²) in [5.41, 5.74) is 5.35. The average Bonchev–Trinajstić information content (AvgIpc) is 2.92. The van der Waals surface area contributed by atoms with Crippen molar-refractivity contribution in [2.45, 2.75) is 19.0 Å². The minimum atomic E-state index is -0.818. The van der Waals surface area contributed by atoms with Crippen molar-refractivity contribution in [2.24, 2.45) is 5.73 Å². The lowest BCUT2D eigenvalue weighted by molar-refractivity contribution is -0.137. The molecule has 18 heavy (non-hydrogen) atoms. The van der Waals surface area contributed by atoms with E-state index in [-0.39, 0.29) is 24.6 Å². The summed E-state index contributed by atoms with van der Waals surface area (Å²) in [5, 5.41) is 2.46. The van der Waals surface area contributed by atoms with Crippen LogP contribution in [0.3, 0.4) is 0 Å². The van der Waals surface area contributed by atoms with Crippen LogP contribution in [0.25, 0.3) is 0 Å². The Morgan fingerprint density at radius 2 is 2.28 bits per heavy atom. The summed E-state index contributed by atoms with van der Waals surface area (Å²) in [7, 11) is 1.39. The van der Waals surface area contributed by atoms with Crippen molar-refractivity contribution in [1.29, 1.82) is 0 Å². The second-order valence-corrected chi connectivity index (χ2v) is 3.99. The molecule has 2 rings (SSSR count). The van der Waals surface area contributed by atoms with Crippen molar-refractivity contribution in [3.05, 3.63) is 23.7 Å². The SMILES string of the molecule is CN1C(=O)CC(NC(=O)c2ccc(CN)o2)C1=O. The highest BCUT2D eigenvalue weighted by atomic mass is 16.4. The van der Waals surface area contributed by atoms with Gasteiger partial charge in [-0.1, -0.05) is 0 Å². The highest BCUT2D eigenvalue weighted by Gasteiger charge is 2.37. The van der Waals surface area contributed by atoms with Crippen LogP contribution >= 0.6 is 0 Å². The third-order valence-corrected chi connectivity index (χ3v) is 2.77. The van der Waals surface area contributed by atoms with Gasteiger partial charge in [0.2, 0.25) is 5.91 Å². The number of nitrogens with two attached hydrogens (primary N) is 1. The maximum Gasteiger partial charge on any atom is 0.287 e. The van der Waals surface area contributed by atoms with E-state index in [1.54, 1.807) is 6.07 Å². The lowest BCUT2D eigenvalue weighted by atomic mass is 10.2. The molecule has 1 saturated heterocycles. The molecule has 0 aliphatic carbocycles. The monoisotopic (exact) mass is 251 g/mol. The number of rotatable bonds is 3. The number of likely N-dealkylation sites (N-methyl/N-ethyl adjacent to an activating group) is 1. The minimum absolute atomic E-state index is 0.0223. The van der Waals surface area contributed by atoms with Gasteiger partial charge in [-0.05, 0) is 12.1 Å². The largest absolute Gasteiger partial charge is 0.455 e. The van der Waals surface area contributed by atoms with Crippen molar-refractivity contribution in [2.75, 3.05) is 7.05 Å². The van der Waals surface area contributed by atoms with Crippen LogP contribution in [0, 0.1) is 0 Å². The molecule has 1 aromatic rings. The number of carbonyl (C=O) groups excluding carboxylic acids is 3. The zero-order valence-electron chi connectivity index (χ0n) is 9.80. The van der Waals surface area contributed by atoms with Gasteiger partial charge in [0.1, 0.15) is 11.8 Å². The summed E-state index contributed by atoms with van der Waals surface area (Å²) in [5.74, 6) is -0.709. The zero-order valence-corrected chi connectivity index (χ0v) is 9.80. The number of hydrogen-bond donors (Lipinski definition) is 2. The van der Waals surface area contributed by atoms with Crippen molar-refractivity contribution in [1.82, 2.24) is 10.2 Å². The zero-order chi connectivity index (χ0) is 13.3. The van der Waals surface area contributed by atoms with Gasteiger partial charge in [0, 0.05) is 7.05 Å². The number of carbonyl (C=O) groups is 3. The number of amides is 3. The molecule has 3 amide bonds. The van der Waals surface area contributed by atoms with Crippen LogP contribution in [0.15, 0.2) is 16.5 Å². The van der Waals surface area contributed by atoms with E-state index in [4.69, 9.17) is 10.2 Å². The van der Waals surface area contributed by atoms with Crippen LogP contribution in [0.4, 0.5) is 0 Å². The van der Waals surface area contributed by atoms with Crippen molar-refractivity contribution < 1.29 is 18.8 Å². The first-order valence-electron chi connectivity index (χ1n) is 5.43. The Bertz CT molecular complexity index is 508. The maximum absolute atomic E-state index is 11.8. The van der Waals surface area contributed by atoms with Gasteiger partial charge in [-0.2, -0.15) is 0 Å². The topological polar surface area (TPSA) is 106 Å². The maximum atomic E-state index is 11.8. The smallest absolute Gasteiger partial charge is 0.287 e. The lowest BCUT2D eigenvalue weighted by Gasteiger charge is -2.09. The van der Waals surface area contributed by atoms with Gasteiger partial charge in [0.05, 0.1) is 13.0 Å². The van der Waals surface area contributed by atoms with E-state index in [2.05, 4.69) is 5.32 Å². The Morgan fingerprint density at radius 1 is 1.56 bits per heavy atom. The third kappa shape index (κ3) is 2.12. The molecule has 1 aliphatic rings. The number of nitrogens with zero attached hydrogens (tertiary/aromatic N) is 1. The van der Waals surface area contributed by atoms with Gasteiger partial charge in [-0.3, -0.25) is 19.3 Å². The van der Waals surface area contributed by atoms with Gasteiger partial charge < -0.3 is 15.5 Å². The number of nitrogens with one attached hydrogen (secondary N) is 1. The van der Waals surface area contributed by atoms with Crippen LogP contribution < -0.4 is 11.1 Å².